The molecule has 1 aliphatic carbocycles. The van der Waals surface area contributed by atoms with Crippen molar-refractivity contribution in [2.75, 3.05) is 6.54 Å². The molecule has 1 fully saturated rings. The number of rotatable bonds is 5. The summed E-state index contributed by atoms with van der Waals surface area (Å²) in [6.07, 6.45) is 6.50. The van der Waals surface area contributed by atoms with Gasteiger partial charge in [-0.1, -0.05) is 40.0 Å². The fourth-order valence-electron chi connectivity index (χ4n) is 2.64. The number of hydrogen-bond acceptors (Lipinski definition) is 2. The van der Waals surface area contributed by atoms with Crippen molar-refractivity contribution >= 4 is 18.3 Å². The molecule has 0 aliphatic heterocycles. The molecule has 3 nitrogen and oxygen atoms in total. The van der Waals surface area contributed by atoms with Gasteiger partial charge in [-0.25, -0.2) is 0 Å². The van der Waals surface area contributed by atoms with Crippen molar-refractivity contribution in [3.63, 3.8) is 0 Å². The van der Waals surface area contributed by atoms with Gasteiger partial charge in [0.25, 0.3) is 0 Å². The van der Waals surface area contributed by atoms with Crippen molar-refractivity contribution in [3.8, 4) is 0 Å². The number of carbonyl (C=O) groups is 1. The first kappa shape index (κ1) is 17.7. The zero-order valence-electron chi connectivity index (χ0n) is 11.9. The molecule has 0 radical (unpaired) electrons. The summed E-state index contributed by atoms with van der Waals surface area (Å²) < 4.78 is 0. The largest absolute Gasteiger partial charge is 0.355 e. The molecule has 3 unspecified atom stereocenters. The summed E-state index contributed by atoms with van der Waals surface area (Å²) >= 11 is 0. The highest BCUT2D eigenvalue weighted by Crippen LogP contribution is 2.30. The van der Waals surface area contributed by atoms with Gasteiger partial charge < -0.3 is 11.1 Å². The third-order valence-electron chi connectivity index (χ3n) is 3.92. The molecule has 0 spiro atoms. The topological polar surface area (TPSA) is 55.1 Å². The Kier molecular flexibility index (Phi) is 8.62. The van der Waals surface area contributed by atoms with Gasteiger partial charge in [-0.2, -0.15) is 0 Å². The molecular formula is C14H29ClN2O. The van der Waals surface area contributed by atoms with Gasteiger partial charge in [-0.3, -0.25) is 4.79 Å². The van der Waals surface area contributed by atoms with Crippen molar-refractivity contribution < 1.29 is 4.79 Å². The van der Waals surface area contributed by atoms with Crippen molar-refractivity contribution in [1.82, 2.24) is 5.32 Å². The molecule has 0 aromatic heterocycles. The molecular weight excluding hydrogens is 248 g/mol. The van der Waals surface area contributed by atoms with Crippen molar-refractivity contribution in [2.45, 2.75) is 58.9 Å². The summed E-state index contributed by atoms with van der Waals surface area (Å²) in [7, 11) is 0. The zero-order chi connectivity index (χ0) is 12.8. The second kappa shape index (κ2) is 8.76. The van der Waals surface area contributed by atoms with Gasteiger partial charge in [0, 0.05) is 6.54 Å². The average Bonchev–Trinajstić information content (AvgIpc) is 2.27. The van der Waals surface area contributed by atoms with E-state index in [2.05, 4.69) is 12.2 Å². The van der Waals surface area contributed by atoms with Crippen LogP contribution in [0.25, 0.3) is 0 Å². The van der Waals surface area contributed by atoms with Crippen LogP contribution in [0.5, 0.6) is 0 Å². The number of nitrogens with two attached hydrogens (primary N) is 1. The SMILES string of the molecule is CC1CCCC(CCNC(=O)C(N)C(C)C)C1.Cl. The summed E-state index contributed by atoms with van der Waals surface area (Å²) in [6.45, 7) is 7.08. The summed E-state index contributed by atoms with van der Waals surface area (Å²) in [5.41, 5.74) is 5.79. The van der Waals surface area contributed by atoms with Crippen LogP contribution in [0, 0.1) is 17.8 Å². The smallest absolute Gasteiger partial charge is 0.237 e. The lowest BCUT2D eigenvalue weighted by Gasteiger charge is -2.27. The maximum Gasteiger partial charge on any atom is 0.237 e. The Balaban J connectivity index is 0.00000289. The van der Waals surface area contributed by atoms with Gasteiger partial charge in [0.1, 0.15) is 0 Å². The van der Waals surface area contributed by atoms with Gasteiger partial charge in [0.15, 0.2) is 0 Å². The van der Waals surface area contributed by atoms with Gasteiger partial charge in [0.2, 0.25) is 5.91 Å². The number of halogens is 1. The molecule has 0 heterocycles. The average molecular weight is 277 g/mol. The normalized spacial score (nSPS) is 25.4. The van der Waals surface area contributed by atoms with Crippen LogP contribution >= 0.6 is 12.4 Å². The summed E-state index contributed by atoms with van der Waals surface area (Å²) in [5.74, 6) is 1.88. The standard InChI is InChI=1S/C14H28N2O.ClH/c1-10(2)13(15)14(17)16-8-7-12-6-4-5-11(3)9-12;/h10-13H,4-9,15H2,1-3H3,(H,16,17);1H. The maximum absolute atomic E-state index is 11.7. The first-order chi connectivity index (χ1) is 8.00. The first-order valence-corrected chi connectivity index (χ1v) is 7.04. The highest BCUT2D eigenvalue weighted by Gasteiger charge is 2.20. The van der Waals surface area contributed by atoms with Crippen molar-refractivity contribution in [1.29, 1.82) is 0 Å². The molecule has 3 atom stereocenters. The Hall–Kier alpha value is -0.280. The van der Waals surface area contributed by atoms with Crippen LogP contribution in [-0.4, -0.2) is 18.5 Å². The minimum Gasteiger partial charge on any atom is -0.355 e. The van der Waals surface area contributed by atoms with E-state index in [4.69, 9.17) is 5.73 Å². The molecule has 0 aromatic carbocycles. The zero-order valence-corrected chi connectivity index (χ0v) is 12.8. The molecule has 18 heavy (non-hydrogen) atoms. The van der Waals surface area contributed by atoms with Crippen LogP contribution in [0.2, 0.25) is 0 Å². The summed E-state index contributed by atoms with van der Waals surface area (Å²) in [5, 5.41) is 2.96. The summed E-state index contributed by atoms with van der Waals surface area (Å²) in [6, 6.07) is -0.361. The van der Waals surface area contributed by atoms with E-state index in [1.165, 1.54) is 25.7 Å². The van der Waals surface area contributed by atoms with Crippen LogP contribution in [0.4, 0.5) is 0 Å². The monoisotopic (exact) mass is 276 g/mol. The fraction of sp³-hybridized carbons (Fsp3) is 0.929. The molecule has 1 saturated carbocycles. The quantitative estimate of drug-likeness (QED) is 0.811. The van der Waals surface area contributed by atoms with E-state index in [0.717, 1.165) is 24.8 Å². The Bertz CT molecular complexity index is 246. The van der Waals surface area contributed by atoms with E-state index >= 15 is 0 Å². The number of amides is 1. The number of nitrogens with one attached hydrogen (secondary N) is 1. The molecule has 3 N–H and O–H groups in total. The molecule has 1 rings (SSSR count). The maximum atomic E-state index is 11.7. The first-order valence-electron chi connectivity index (χ1n) is 7.04. The van der Waals surface area contributed by atoms with E-state index in [1.54, 1.807) is 0 Å². The van der Waals surface area contributed by atoms with E-state index in [9.17, 15) is 4.79 Å². The Labute approximate surface area is 118 Å². The molecule has 1 amide bonds. The second-order valence-corrected chi connectivity index (χ2v) is 5.99. The van der Waals surface area contributed by atoms with Crippen LogP contribution < -0.4 is 11.1 Å². The van der Waals surface area contributed by atoms with Gasteiger partial charge in [-0.15, -0.1) is 12.4 Å². The van der Waals surface area contributed by atoms with E-state index < -0.39 is 0 Å². The Morgan fingerprint density at radius 2 is 2.06 bits per heavy atom. The molecule has 4 heteroatoms. The molecule has 0 bridgehead atoms. The van der Waals surface area contributed by atoms with Gasteiger partial charge in [-0.05, 0) is 30.6 Å². The molecule has 0 aromatic rings. The number of hydrogen-bond donors (Lipinski definition) is 2. The number of carbonyl (C=O) groups excluding carboxylic acids is 1. The second-order valence-electron chi connectivity index (χ2n) is 5.99. The van der Waals surface area contributed by atoms with Gasteiger partial charge >= 0.3 is 0 Å². The van der Waals surface area contributed by atoms with Gasteiger partial charge in [0.05, 0.1) is 6.04 Å². The molecule has 108 valence electrons. The Morgan fingerprint density at radius 3 is 2.61 bits per heavy atom. The Morgan fingerprint density at radius 1 is 1.39 bits per heavy atom. The van der Waals surface area contributed by atoms with E-state index in [-0.39, 0.29) is 30.3 Å². The highest BCUT2D eigenvalue weighted by molar-refractivity contribution is 5.85. The minimum absolute atomic E-state index is 0. The van der Waals surface area contributed by atoms with Crippen LogP contribution in [0.3, 0.4) is 0 Å². The predicted octanol–water partition coefficient (Wildman–Crippen LogP) is 2.72. The van der Waals surface area contributed by atoms with Crippen molar-refractivity contribution in [2.24, 2.45) is 23.5 Å². The van der Waals surface area contributed by atoms with Crippen molar-refractivity contribution in [3.05, 3.63) is 0 Å². The van der Waals surface area contributed by atoms with E-state index in [0.29, 0.717) is 0 Å². The lowest BCUT2D eigenvalue weighted by atomic mass is 9.81. The van der Waals surface area contributed by atoms with Crippen LogP contribution in [-0.2, 0) is 4.79 Å². The predicted molar refractivity (Wildman–Crippen MR) is 78.8 cm³/mol. The molecule has 0 saturated heterocycles. The fourth-order valence-corrected chi connectivity index (χ4v) is 2.64. The van der Waals surface area contributed by atoms with E-state index in [1.807, 2.05) is 13.8 Å². The minimum atomic E-state index is -0.361. The lowest BCUT2D eigenvalue weighted by molar-refractivity contribution is -0.123. The third kappa shape index (κ3) is 6.05. The highest BCUT2D eigenvalue weighted by atomic mass is 35.5. The third-order valence-corrected chi connectivity index (χ3v) is 3.92. The van der Waals surface area contributed by atoms with Crippen LogP contribution in [0.1, 0.15) is 52.9 Å². The summed E-state index contributed by atoms with van der Waals surface area (Å²) in [4.78, 5) is 11.7. The lowest BCUT2D eigenvalue weighted by Crippen LogP contribution is -2.44. The molecule has 1 aliphatic rings. The van der Waals surface area contributed by atoms with Crippen LogP contribution in [0.15, 0.2) is 0 Å².